The molecule has 2 rings (SSSR count). The highest BCUT2D eigenvalue weighted by atomic mass is 127. The molecule has 0 atom stereocenters. The van der Waals surface area contributed by atoms with Gasteiger partial charge in [0.05, 0.1) is 13.7 Å². The maximum atomic E-state index is 5.42. The number of aliphatic imine (C=N–C) groups is 1. The predicted octanol–water partition coefficient (Wildman–Crippen LogP) is 3.08. The fraction of sp³-hybridized carbons (Fsp3) is 0.682. The number of hydrogen-bond acceptors (Lipinski definition) is 4. The standard InChI is InChI=1S/C22H38N4O2.HI/c1-5-23-22(24-11-8-19-7-6-18(2)21(16-19)28-4)25-17-20-9-12-26(13-10-20)14-15-27-3;/h6-7,16,20H,5,8-15,17H2,1-4H3,(H2,23,24,25);1H. The molecule has 0 unspecified atom stereocenters. The number of nitrogens with one attached hydrogen (secondary N) is 2. The summed E-state index contributed by atoms with van der Waals surface area (Å²) in [6.07, 6.45) is 3.38. The molecule has 1 aromatic carbocycles. The van der Waals surface area contributed by atoms with E-state index < -0.39 is 0 Å². The van der Waals surface area contributed by atoms with Gasteiger partial charge in [-0.25, -0.2) is 0 Å². The van der Waals surface area contributed by atoms with Crippen LogP contribution >= 0.6 is 24.0 Å². The van der Waals surface area contributed by atoms with Crippen molar-refractivity contribution in [2.24, 2.45) is 10.9 Å². The number of halogens is 1. The summed E-state index contributed by atoms with van der Waals surface area (Å²) in [4.78, 5) is 7.32. The van der Waals surface area contributed by atoms with Gasteiger partial charge in [0.2, 0.25) is 0 Å². The Morgan fingerprint density at radius 1 is 1.21 bits per heavy atom. The molecule has 1 aliphatic rings. The zero-order chi connectivity index (χ0) is 20.2. The van der Waals surface area contributed by atoms with Crippen molar-refractivity contribution in [3.63, 3.8) is 0 Å². The minimum Gasteiger partial charge on any atom is -0.496 e. The Morgan fingerprint density at radius 3 is 2.62 bits per heavy atom. The maximum Gasteiger partial charge on any atom is 0.191 e. The molecule has 1 aliphatic heterocycles. The van der Waals surface area contributed by atoms with E-state index in [-0.39, 0.29) is 24.0 Å². The van der Waals surface area contributed by atoms with Crippen LogP contribution in [0, 0.1) is 12.8 Å². The molecule has 2 N–H and O–H groups in total. The molecule has 1 aromatic rings. The Labute approximate surface area is 193 Å². The number of piperidine rings is 1. The molecule has 0 saturated carbocycles. The van der Waals surface area contributed by atoms with Crippen LogP contribution in [0.25, 0.3) is 0 Å². The summed E-state index contributed by atoms with van der Waals surface area (Å²) in [6, 6.07) is 6.41. The molecule has 0 radical (unpaired) electrons. The van der Waals surface area contributed by atoms with Gasteiger partial charge in [-0.05, 0) is 69.3 Å². The van der Waals surface area contributed by atoms with Gasteiger partial charge in [0, 0.05) is 33.3 Å². The van der Waals surface area contributed by atoms with E-state index in [2.05, 4.69) is 47.6 Å². The molecule has 6 nitrogen and oxygen atoms in total. The van der Waals surface area contributed by atoms with Crippen LogP contribution in [-0.2, 0) is 11.2 Å². The van der Waals surface area contributed by atoms with E-state index in [1.807, 2.05) is 0 Å². The van der Waals surface area contributed by atoms with E-state index in [0.717, 1.165) is 64.0 Å². The van der Waals surface area contributed by atoms with Crippen molar-refractivity contribution < 1.29 is 9.47 Å². The van der Waals surface area contributed by atoms with E-state index >= 15 is 0 Å². The third kappa shape index (κ3) is 9.53. The smallest absolute Gasteiger partial charge is 0.191 e. The van der Waals surface area contributed by atoms with E-state index in [0.29, 0.717) is 5.92 Å². The summed E-state index contributed by atoms with van der Waals surface area (Å²) in [5.41, 5.74) is 2.44. The number of hydrogen-bond donors (Lipinski definition) is 2. The van der Waals surface area contributed by atoms with Crippen molar-refractivity contribution in [3.05, 3.63) is 29.3 Å². The molecule has 1 fully saturated rings. The second-order valence-electron chi connectivity index (χ2n) is 7.48. The van der Waals surface area contributed by atoms with E-state index in [1.165, 1.54) is 24.0 Å². The summed E-state index contributed by atoms with van der Waals surface area (Å²) < 4.78 is 10.6. The molecule has 1 heterocycles. The van der Waals surface area contributed by atoms with Crippen LogP contribution in [0.4, 0.5) is 0 Å². The molecule has 0 spiro atoms. The van der Waals surface area contributed by atoms with Crippen molar-refractivity contribution in [1.29, 1.82) is 0 Å². The summed E-state index contributed by atoms with van der Waals surface area (Å²) in [5, 5.41) is 6.83. The number of rotatable bonds is 10. The molecular formula is C22H39IN4O2. The molecule has 0 amide bonds. The third-order valence-electron chi connectivity index (χ3n) is 5.35. The number of benzene rings is 1. The highest BCUT2D eigenvalue weighted by Gasteiger charge is 2.18. The van der Waals surface area contributed by atoms with Gasteiger partial charge in [-0.1, -0.05) is 12.1 Å². The van der Waals surface area contributed by atoms with Crippen molar-refractivity contribution >= 4 is 29.9 Å². The number of nitrogens with zero attached hydrogens (tertiary/aromatic N) is 2. The van der Waals surface area contributed by atoms with E-state index in [4.69, 9.17) is 14.5 Å². The fourth-order valence-electron chi connectivity index (χ4n) is 3.52. The van der Waals surface area contributed by atoms with Crippen molar-refractivity contribution in [1.82, 2.24) is 15.5 Å². The van der Waals surface area contributed by atoms with E-state index in [1.54, 1.807) is 14.2 Å². The first-order valence-electron chi connectivity index (χ1n) is 10.5. The number of methoxy groups -OCH3 is 2. The quantitative estimate of drug-likeness (QED) is 0.283. The maximum absolute atomic E-state index is 5.42. The van der Waals surface area contributed by atoms with Crippen molar-refractivity contribution in [2.45, 2.75) is 33.1 Å². The van der Waals surface area contributed by atoms with Gasteiger partial charge in [-0.3, -0.25) is 4.99 Å². The highest BCUT2D eigenvalue weighted by molar-refractivity contribution is 14.0. The van der Waals surface area contributed by atoms with Crippen molar-refractivity contribution in [3.8, 4) is 5.75 Å². The van der Waals surface area contributed by atoms with Crippen molar-refractivity contribution in [2.75, 3.05) is 60.1 Å². The lowest BCUT2D eigenvalue weighted by molar-refractivity contribution is 0.121. The Hall–Kier alpha value is -1.06. The Morgan fingerprint density at radius 2 is 1.97 bits per heavy atom. The normalized spacial score (nSPS) is 15.7. The first-order chi connectivity index (χ1) is 13.7. The molecule has 0 aromatic heterocycles. The zero-order valence-corrected chi connectivity index (χ0v) is 20.8. The predicted molar refractivity (Wildman–Crippen MR) is 132 cm³/mol. The topological polar surface area (TPSA) is 58.1 Å². The largest absolute Gasteiger partial charge is 0.496 e. The molecule has 1 saturated heterocycles. The summed E-state index contributed by atoms with van der Waals surface area (Å²) in [7, 11) is 3.49. The fourth-order valence-corrected chi connectivity index (χ4v) is 3.52. The zero-order valence-electron chi connectivity index (χ0n) is 18.5. The first-order valence-corrected chi connectivity index (χ1v) is 10.5. The Bertz CT molecular complexity index is 604. The molecule has 7 heteroatoms. The van der Waals surface area contributed by atoms with Crippen LogP contribution in [0.3, 0.4) is 0 Å². The average Bonchev–Trinajstić information content (AvgIpc) is 2.72. The van der Waals surface area contributed by atoms with Gasteiger partial charge in [-0.2, -0.15) is 0 Å². The van der Waals surface area contributed by atoms with Crippen LogP contribution in [-0.4, -0.2) is 71.0 Å². The lowest BCUT2D eigenvalue weighted by Crippen LogP contribution is -2.40. The summed E-state index contributed by atoms with van der Waals surface area (Å²) >= 11 is 0. The summed E-state index contributed by atoms with van der Waals surface area (Å²) in [5.74, 6) is 2.55. The SMILES string of the molecule is CCNC(=NCC1CCN(CCOC)CC1)NCCc1ccc(C)c(OC)c1.I. The van der Waals surface area contributed by atoms with Crippen LogP contribution in [0.1, 0.15) is 30.9 Å². The molecule has 0 bridgehead atoms. The third-order valence-corrected chi connectivity index (χ3v) is 5.35. The van der Waals surface area contributed by atoms with E-state index in [9.17, 15) is 0 Å². The first kappa shape index (κ1) is 26.0. The number of aryl methyl sites for hydroxylation is 1. The molecule has 166 valence electrons. The van der Waals surface area contributed by atoms with Gasteiger partial charge < -0.3 is 25.0 Å². The minimum atomic E-state index is 0. The van der Waals surface area contributed by atoms with Crippen LogP contribution in [0.2, 0.25) is 0 Å². The molecule has 0 aliphatic carbocycles. The lowest BCUT2D eigenvalue weighted by Gasteiger charge is -2.31. The molecule has 29 heavy (non-hydrogen) atoms. The minimum absolute atomic E-state index is 0. The van der Waals surface area contributed by atoms with Gasteiger partial charge in [0.25, 0.3) is 0 Å². The summed E-state index contributed by atoms with van der Waals surface area (Å²) in [6.45, 7) is 11.0. The van der Waals surface area contributed by atoms with Crippen LogP contribution < -0.4 is 15.4 Å². The van der Waals surface area contributed by atoms with Gasteiger partial charge >= 0.3 is 0 Å². The number of ether oxygens (including phenoxy) is 2. The monoisotopic (exact) mass is 518 g/mol. The second-order valence-corrected chi connectivity index (χ2v) is 7.48. The highest BCUT2D eigenvalue weighted by Crippen LogP contribution is 2.19. The molecular weight excluding hydrogens is 479 g/mol. The Kier molecular flexibility index (Phi) is 13.3. The Balaban J connectivity index is 0.00000420. The second kappa shape index (κ2) is 14.8. The van der Waals surface area contributed by atoms with Crippen LogP contribution in [0.15, 0.2) is 23.2 Å². The number of likely N-dealkylation sites (tertiary alicyclic amines) is 1. The van der Waals surface area contributed by atoms with Crippen LogP contribution in [0.5, 0.6) is 5.75 Å². The average molecular weight is 518 g/mol. The van der Waals surface area contributed by atoms with Gasteiger partial charge in [0.15, 0.2) is 5.96 Å². The van der Waals surface area contributed by atoms with Gasteiger partial charge in [0.1, 0.15) is 5.75 Å². The number of guanidine groups is 1. The van der Waals surface area contributed by atoms with Gasteiger partial charge in [-0.15, -0.1) is 24.0 Å². The lowest BCUT2D eigenvalue weighted by atomic mass is 9.97.